The van der Waals surface area contributed by atoms with E-state index in [-0.39, 0.29) is 11.7 Å². The predicted molar refractivity (Wildman–Crippen MR) is 62.9 cm³/mol. The van der Waals surface area contributed by atoms with Crippen LogP contribution in [0.4, 0.5) is 0 Å². The van der Waals surface area contributed by atoms with Crippen LogP contribution in [0.5, 0.6) is 0 Å². The molecule has 0 bridgehead atoms. The van der Waals surface area contributed by atoms with Crippen LogP contribution >= 0.6 is 20.1 Å². The number of alkyl halides is 2. The van der Waals surface area contributed by atoms with Gasteiger partial charge in [0.25, 0.3) is 0 Å². The summed E-state index contributed by atoms with van der Waals surface area (Å²) in [5.74, 6) is 0.526. The van der Waals surface area contributed by atoms with Gasteiger partial charge >= 0.3 is 84.5 Å². The number of fused-ring (bicyclic) bond motifs is 1. The summed E-state index contributed by atoms with van der Waals surface area (Å²) in [6.07, 6.45) is 5.34. The summed E-state index contributed by atoms with van der Waals surface area (Å²) in [7, 11) is 1.94. The van der Waals surface area contributed by atoms with E-state index >= 15 is 0 Å². The van der Waals surface area contributed by atoms with E-state index in [0.717, 1.165) is 4.55 Å². The summed E-state index contributed by atoms with van der Waals surface area (Å²) in [5.41, 5.74) is 0. The monoisotopic (exact) mass is 293 g/mol. The Morgan fingerprint density at radius 1 is 1.69 bits per heavy atom. The van der Waals surface area contributed by atoms with E-state index in [1.165, 1.54) is 0 Å². The van der Waals surface area contributed by atoms with E-state index in [2.05, 4.69) is 13.5 Å². The first kappa shape index (κ1) is 9.14. The van der Waals surface area contributed by atoms with Gasteiger partial charge in [0.15, 0.2) is 0 Å². The number of rotatable bonds is 2. The van der Waals surface area contributed by atoms with Crippen molar-refractivity contribution >= 4 is 32.5 Å². The summed E-state index contributed by atoms with van der Waals surface area (Å²) in [4.78, 5) is 4.33. The topological polar surface area (TPSA) is 57.0 Å². The molecule has 2 rings (SSSR count). The first-order chi connectivity index (χ1) is 6.31. The summed E-state index contributed by atoms with van der Waals surface area (Å²) in [6, 6.07) is 0. The molecule has 2 aliphatic heterocycles. The second-order valence-corrected chi connectivity index (χ2v) is 7.64. The van der Waals surface area contributed by atoms with Crippen LogP contribution in [0.3, 0.4) is 0 Å². The molecule has 0 aromatic heterocycles. The van der Waals surface area contributed by atoms with Gasteiger partial charge in [-0.25, -0.2) is 0 Å². The van der Waals surface area contributed by atoms with Gasteiger partial charge in [0, 0.05) is 0 Å². The fourth-order valence-corrected chi connectivity index (χ4v) is 5.79. The van der Waals surface area contributed by atoms with E-state index in [9.17, 15) is 5.11 Å². The number of allylic oxidation sites excluding steroid dienone is 1. The van der Waals surface area contributed by atoms with Crippen LogP contribution in [0, 0.1) is 5.92 Å². The van der Waals surface area contributed by atoms with Crippen molar-refractivity contribution in [3.63, 3.8) is 0 Å². The van der Waals surface area contributed by atoms with Gasteiger partial charge in [-0.3, -0.25) is 0 Å². The van der Waals surface area contributed by atoms with Crippen molar-refractivity contribution in [1.82, 2.24) is 5.32 Å². The second kappa shape index (κ2) is 3.75. The van der Waals surface area contributed by atoms with Gasteiger partial charge in [-0.2, -0.15) is 0 Å². The predicted octanol–water partition coefficient (Wildman–Crippen LogP) is 1.14. The van der Waals surface area contributed by atoms with Crippen molar-refractivity contribution in [3.8, 4) is 0 Å². The Labute approximate surface area is 84.6 Å². The molecular weight excluding hydrogens is 281 g/mol. The Morgan fingerprint density at radius 3 is 3.31 bits per heavy atom. The molecule has 0 radical (unpaired) electrons. The van der Waals surface area contributed by atoms with Crippen LogP contribution in [0.2, 0.25) is 0 Å². The van der Waals surface area contributed by atoms with Crippen molar-refractivity contribution < 1.29 is 5.11 Å². The average Bonchev–Trinajstić information content (AvgIpc) is 2.49. The van der Waals surface area contributed by atoms with E-state index < -0.39 is 20.1 Å². The molecule has 4 nitrogen and oxygen atoms in total. The van der Waals surface area contributed by atoms with Crippen LogP contribution in [-0.4, -0.2) is 33.2 Å². The van der Waals surface area contributed by atoms with Crippen molar-refractivity contribution in [2.24, 2.45) is 14.1 Å². The Kier molecular flexibility index (Phi) is 2.63. The maximum atomic E-state index is 9.22. The molecule has 72 valence electrons. The standard InChI is InChI=1S/C8H12IN3O/c1-10-5-9-8-6(3-12-9)2-7(13)4-11-8/h2-4,6,8,10,13H,5H2,1H3. The molecule has 0 amide bonds. The van der Waals surface area contributed by atoms with Gasteiger partial charge in [0.05, 0.1) is 0 Å². The SMILES string of the molecule is CNCI1N=CC2C=C(O)C=NC21. The normalized spacial score (nSPS) is 33.3. The molecule has 0 spiro atoms. The number of halogens is 1. The first-order valence-corrected chi connectivity index (χ1v) is 7.82. The minimum atomic E-state index is -1.32. The number of aliphatic hydroxyl groups excluding tert-OH is 1. The Hall–Kier alpha value is -0.430. The van der Waals surface area contributed by atoms with Gasteiger partial charge in [0.2, 0.25) is 0 Å². The molecule has 2 atom stereocenters. The summed E-state index contributed by atoms with van der Waals surface area (Å²) in [6.45, 7) is 0. The van der Waals surface area contributed by atoms with E-state index in [0.29, 0.717) is 4.05 Å². The first-order valence-electron chi connectivity index (χ1n) is 4.08. The average molecular weight is 293 g/mol. The van der Waals surface area contributed by atoms with Gasteiger partial charge in [-0.05, 0) is 0 Å². The second-order valence-electron chi connectivity index (χ2n) is 2.92. The molecule has 0 aromatic rings. The molecule has 0 aromatic carbocycles. The molecule has 0 saturated carbocycles. The fourth-order valence-electron chi connectivity index (χ4n) is 1.36. The van der Waals surface area contributed by atoms with Crippen LogP contribution < -0.4 is 5.32 Å². The number of aliphatic imine (C=N–C) groups is 1. The quantitative estimate of drug-likeness (QED) is 0.456. The van der Waals surface area contributed by atoms with E-state index in [1.54, 1.807) is 6.21 Å². The fraction of sp³-hybridized carbons (Fsp3) is 0.500. The third-order valence-electron chi connectivity index (χ3n) is 1.91. The molecule has 2 unspecified atom stereocenters. The number of aliphatic hydroxyl groups is 1. The summed E-state index contributed by atoms with van der Waals surface area (Å²) in [5, 5.41) is 12.4. The van der Waals surface area contributed by atoms with Crippen molar-refractivity contribution in [3.05, 3.63) is 11.8 Å². The minimum absolute atomic E-state index is 0.253. The third-order valence-corrected chi connectivity index (χ3v) is 7.12. The number of hydrogen-bond donors (Lipinski definition) is 2. The van der Waals surface area contributed by atoms with Gasteiger partial charge in [0.1, 0.15) is 0 Å². The summed E-state index contributed by atoms with van der Waals surface area (Å²) < 4.78 is 5.84. The van der Waals surface area contributed by atoms with Crippen molar-refractivity contribution in [2.75, 3.05) is 11.6 Å². The van der Waals surface area contributed by atoms with Gasteiger partial charge < -0.3 is 0 Å². The molecule has 13 heavy (non-hydrogen) atoms. The van der Waals surface area contributed by atoms with Gasteiger partial charge in [-0.1, -0.05) is 0 Å². The molecule has 0 saturated heterocycles. The number of nitrogens with one attached hydrogen (secondary N) is 1. The number of nitrogens with zero attached hydrogens (tertiary/aromatic N) is 2. The van der Waals surface area contributed by atoms with Crippen LogP contribution in [0.15, 0.2) is 20.0 Å². The van der Waals surface area contributed by atoms with Crippen LogP contribution in [0.1, 0.15) is 0 Å². The summed E-state index contributed by atoms with van der Waals surface area (Å²) >= 11 is -1.32. The maximum absolute atomic E-state index is 9.22. The Balaban J connectivity index is 2.10. The third kappa shape index (κ3) is 1.76. The van der Waals surface area contributed by atoms with Gasteiger partial charge in [-0.15, -0.1) is 0 Å². The number of hydrogen-bond acceptors (Lipinski definition) is 4. The van der Waals surface area contributed by atoms with E-state index in [4.69, 9.17) is 0 Å². The molecule has 0 fully saturated rings. The molecule has 2 heterocycles. The van der Waals surface area contributed by atoms with Crippen molar-refractivity contribution in [2.45, 2.75) is 4.05 Å². The molecule has 2 aliphatic rings. The zero-order chi connectivity index (χ0) is 9.26. The van der Waals surface area contributed by atoms with Crippen LogP contribution in [0.25, 0.3) is 0 Å². The molecule has 2 N–H and O–H groups in total. The Morgan fingerprint density at radius 2 is 2.54 bits per heavy atom. The van der Waals surface area contributed by atoms with Crippen molar-refractivity contribution in [1.29, 1.82) is 0 Å². The van der Waals surface area contributed by atoms with Crippen LogP contribution in [-0.2, 0) is 0 Å². The molecule has 0 aliphatic carbocycles. The zero-order valence-electron chi connectivity index (χ0n) is 7.31. The Bertz CT molecular complexity index is 287. The zero-order valence-corrected chi connectivity index (χ0v) is 9.47. The van der Waals surface area contributed by atoms with E-state index in [1.807, 2.05) is 19.3 Å². The molecule has 5 heteroatoms. The number of dihydropyridines is 1. The molecular formula is C8H12IN3O.